The molecule has 0 amide bonds. The van der Waals surface area contributed by atoms with E-state index < -0.39 is 5.41 Å². The summed E-state index contributed by atoms with van der Waals surface area (Å²) in [7, 11) is 0. The van der Waals surface area contributed by atoms with Crippen LogP contribution >= 0.6 is 0 Å². The molecule has 2 fully saturated rings. The SMILES string of the molecule is CC1CCC2C(C)(C)C2(C#N)C1=O. The maximum absolute atomic E-state index is 11.9. The van der Waals surface area contributed by atoms with Crippen molar-refractivity contribution in [2.24, 2.45) is 22.7 Å². The van der Waals surface area contributed by atoms with Crippen molar-refractivity contribution in [2.75, 3.05) is 0 Å². The summed E-state index contributed by atoms with van der Waals surface area (Å²) in [5.41, 5.74) is -0.686. The Labute approximate surface area is 78.9 Å². The van der Waals surface area contributed by atoms with Gasteiger partial charge in [0.2, 0.25) is 0 Å². The van der Waals surface area contributed by atoms with E-state index in [2.05, 4.69) is 19.9 Å². The minimum atomic E-state index is -0.620. The van der Waals surface area contributed by atoms with Gasteiger partial charge in [0.1, 0.15) is 5.41 Å². The number of fused-ring (bicyclic) bond motifs is 1. The Bertz CT molecular complexity index is 313. The maximum Gasteiger partial charge on any atom is 0.156 e. The van der Waals surface area contributed by atoms with Crippen LogP contribution in [0, 0.1) is 34.0 Å². The molecule has 0 aromatic rings. The van der Waals surface area contributed by atoms with Crippen molar-refractivity contribution in [2.45, 2.75) is 33.6 Å². The highest BCUT2D eigenvalue weighted by molar-refractivity contribution is 5.95. The Kier molecular flexibility index (Phi) is 1.44. The van der Waals surface area contributed by atoms with E-state index in [1.165, 1.54) is 0 Å². The third-order valence-corrected chi connectivity index (χ3v) is 4.23. The van der Waals surface area contributed by atoms with E-state index in [-0.39, 0.29) is 17.1 Å². The number of carbonyl (C=O) groups excluding carboxylic acids is 1. The van der Waals surface area contributed by atoms with E-state index in [0.29, 0.717) is 5.92 Å². The Morgan fingerprint density at radius 2 is 2.08 bits per heavy atom. The van der Waals surface area contributed by atoms with Crippen molar-refractivity contribution >= 4 is 5.78 Å². The number of rotatable bonds is 0. The molecule has 2 rings (SSSR count). The number of hydrogen-bond donors (Lipinski definition) is 0. The Hall–Kier alpha value is -0.840. The molecule has 0 heterocycles. The third-order valence-electron chi connectivity index (χ3n) is 4.23. The molecule has 0 spiro atoms. The van der Waals surface area contributed by atoms with E-state index in [4.69, 9.17) is 5.26 Å². The highest BCUT2D eigenvalue weighted by Crippen LogP contribution is 2.73. The molecular formula is C11H15NO. The molecule has 0 bridgehead atoms. The molecule has 0 aromatic heterocycles. The van der Waals surface area contributed by atoms with E-state index in [1.54, 1.807) is 0 Å². The maximum atomic E-state index is 11.9. The van der Waals surface area contributed by atoms with E-state index in [9.17, 15) is 4.79 Å². The van der Waals surface area contributed by atoms with Gasteiger partial charge in [0.15, 0.2) is 5.78 Å². The minimum Gasteiger partial charge on any atom is -0.298 e. The van der Waals surface area contributed by atoms with Gasteiger partial charge in [-0.25, -0.2) is 0 Å². The highest BCUT2D eigenvalue weighted by Gasteiger charge is 2.77. The van der Waals surface area contributed by atoms with Crippen LogP contribution < -0.4 is 0 Å². The number of hydrogen-bond acceptors (Lipinski definition) is 2. The molecule has 3 atom stereocenters. The van der Waals surface area contributed by atoms with Crippen LogP contribution in [0.3, 0.4) is 0 Å². The second kappa shape index (κ2) is 2.15. The molecule has 0 aliphatic heterocycles. The lowest BCUT2D eigenvalue weighted by molar-refractivity contribution is -0.128. The van der Waals surface area contributed by atoms with Gasteiger partial charge < -0.3 is 0 Å². The first-order valence-electron chi connectivity index (χ1n) is 4.94. The molecule has 3 unspecified atom stereocenters. The molecule has 13 heavy (non-hydrogen) atoms. The summed E-state index contributed by atoms with van der Waals surface area (Å²) >= 11 is 0. The summed E-state index contributed by atoms with van der Waals surface area (Å²) < 4.78 is 0. The fourth-order valence-electron chi connectivity index (χ4n) is 3.15. The number of nitriles is 1. The second-order valence-corrected chi connectivity index (χ2v) is 5.04. The van der Waals surface area contributed by atoms with Crippen molar-refractivity contribution in [3.8, 4) is 6.07 Å². The first-order chi connectivity index (χ1) is 5.98. The van der Waals surface area contributed by atoms with Gasteiger partial charge in [0.25, 0.3) is 0 Å². The van der Waals surface area contributed by atoms with Gasteiger partial charge in [-0.15, -0.1) is 0 Å². The van der Waals surface area contributed by atoms with Gasteiger partial charge in [-0.2, -0.15) is 5.26 Å². The first kappa shape index (κ1) is 8.74. The summed E-state index contributed by atoms with van der Waals surface area (Å²) in [6.07, 6.45) is 2.02. The quantitative estimate of drug-likeness (QED) is 0.569. The topological polar surface area (TPSA) is 40.9 Å². The van der Waals surface area contributed by atoms with Crippen LogP contribution in [0.25, 0.3) is 0 Å². The van der Waals surface area contributed by atoms with Crippen molar-refractivity contribution in [3.05, 3.63) is 0 Å². The summed E-state index contributed by atoms with van der Waals surface area (Å²) in [4.78, 5) is 11.9. The molecule has 2 aliphatic rings. The third kappa shape index (κ3) is 0.716. The fraction of sp³-hybridized carbons (Fsp3) is 0.818. The van der Waals surface area contributed by atoms with Gasteiger partial charge in [-0.1, -0.05) is 20.8 Å². The number of carbonyl (C=O) groups is 1. The molecule has 0 N–H and O–H groups in total. The minimum absolute atomic E-state index is 0.0659. The van der Waals surface area contributed by atoms with Crippen molar-refractivity contribution in [1.82, 2.24) is 0 Å². The predicted molar refractivity (Wildman–Crippen MR) is 48.7 cm³/mol. The van der Waals surface area contributed by atoms with Crippen molar-refractivity contribution in [1.29, 1.82) is 5.26 Å². The summed E-state index contributed by atoms with van der Waals surface area (Å²) in [5.74, 6) is 0.614. The molecule has 2 heteroatoms. The standard InChI is InChI=1S/C11H15NO/c1-7-4-5-8-10(2,3)11(8,6-12)9(7)13/h7-8H,4-5H2,1-3H3. The van der Waals surface area contributed by atoms with Gasteiger partial charge in [-0.3, -0.25) is 4.79 Å². The van der Waals surface area contributed by atoms with Crippen molar-refractivity contribution in [3.63, 3.8) is 0 Å². The first-order valence-corrected chi connectivity index (χ1v) is 4.94. The zero-order valence-corrected chi connectivity index (χ0v) is 8.42. The monoisotopic (exact) mass is 177 g/mol. The normalized spacial score (nSPS) is 46.5. The summed E-state index contributed by atoms with van der Waals surface area (Å²) in [6.45, 7) is 6.06. The van der Waals surface area contributed by atoms with E-state index >= 15 is 0 Å². The average Bonchev–Trinajstić information content (AvgIpc) is 2.58. The van der Waals surface area contributed by atoms with Gasteiger partial charge in [0.05, 0.1) is 6.07 Å². The summed E-state index contributed by atoms with van der Waals surface area (Å²) in [5, 5.41) is 9.14. The molecule has 0 aromatic carbocycles. The van der Waals surface area contributed by atoms with Crippen LogP contribution in [0.15, 0.2) is 0 Å². The van der Waals surface area contributed by atoms with Crippen molar-refractivity contribution < 1.29 is 4.79 Å². The molecule has 70 valence electrons. The Morgan fingerprint density at radius 3 is 2.54 bits per heavy atom. The summed E-state index contributed by atoms with van der Waals surface area (Å²) in [6, 6.07) is 2.28. The lowest BCUT2D eigenvalue weighted by Gasteiger charge is -2.20. The molecule has 0 radical (unpaired) electrons. The van der Waals surface area contributed by atoms with Crippen LogP contribution in [0.5, 0.6) is 0 Å². The van der Waals surface area contributed by atoms with Crippen LogP contribution in [0.1, 0.15) is 33.6 Å². The Balaban J connectivity index is 2.42. The van der Waals surface area contributed by atoms with Crippen LogP contribution in [0.4, 0.5) is 0 Å². The molecule has 0 saturated heterocycles. The fourth-order valence-corrected chi connectivity index (χ4v) is 3.15. The van der Waals surface area contributed by atoms with Gasteiger partial charge >= 0.3 is 0 Å². The van der Waals surface area contributed by atoms with Crippen LogP contribution in [-0.4, -0.2) is 5.78 Å². The van der Waals surface area contributed by atoms with Gasteiger partial charge in [-0.05, 0) is 24.2 Å². The van der Waals surface area contributed by atoms with E-state index in [0.717, 1.165) is 12.8 Å². The lowest BCUT2D eigenvalue weighted by atomic mass is 9.80. The lowest BCUT2D eigenvalue weighted by Crippen LogP contribution is -2.29. The molecule has 2 nitrogen and oxygen atoms in total. The zero-order chi connectivity index (χ0) is 9.85. The molecule has 2 saturated carbocycles. The smallest absolute Gasteiger partial charge is 0.156 e. The number of nitrogens with zero attached hydrogens (tertiary/aromatic N) is 1. The molecule has 2 aliphatic carbocycles. The number of ketones is 1. The highest BCUT2D eigenvalue weighted by atomic mass is 16.1. The predicted octanol–water partition coefficient (Wildman–Crippen LogP) is 2.15. The largest absolute Gasteiger partial charge is 0.298 e. The van der Waals surface area contributed by atoms with Crippen LogP contribution in [-0.2, 0) is 4.79 Å². The Morgan fingerprint density at radius 1 is 1.46 bits per heavy atom. The molecular weight excluding hydrogens is 162 g/mol. The van der Waals surface area contributed by atoms with E-state index in [1.807, 2.05) is 6.92 Å². The second-order valence-electron chi connectivity index (χ2n) is 5.04. The van der Waals surface area contributed by atoms with Crippen LogP contribution in [0.2, 0.25) is 0 Å². The van der Waals surface area contributed by atoms with Gasteiger partial charge in [0, 0.05) is 5.92 Å². The average molecular weight is 177 g/mol. The zero-order valence-electron chi connectivity index (χ0n) is 8.42. The number of Topliss-reactive ketones (excluding diaryl/α,β-unsaturated/α-hetero) is 1.